The van der Waals surface area contributed by atoms with Crippen LogP contribution in [0.1, 0.15) is 51.1 Å². The molecule has 1 aliphatic rings. The van der Waals surface area contributed by atoms with Crippen molar-refractivity contribution in [3.63, 3.8) is 0 Å². The number of anilines is 1. The highest BCUT2D eigenvalue weighted by molar-refractivity contribution is 6.12. The molecule has 3 aromatic rings. The van der Waals surface area contributed by atoms with Crippen molar-refractivity contribution < 1.29 is 32.7 Å². The zero-order valence-electron chi connectivity index (χ0n) is 19.8. The Morgan fingerprint density at radius 3 is 2.19 bits per heavy atom. The molecule has 0 atom stereocenters. The second kappa shape index (κ2) is 10.9. The largest absolute Gasteiger partial charge is 0.481 e. The number of benzene rings is 3. The van der Waals surface area contributed by atoms with E-state index in [-0.39, 0.29) is 29.1 Å². The quantitative estimate of drug-likeness (QED) is 0.434. The van der Waals surface area contributed by atoms with E-state index < -0.39 is 23.6 Å². The van der Waals surface area contributed by atoms with Crippen molar-refractivity contribution in [3.8, 4) is 11.1 Å². The second-order valence-corrected chi connectivity index (χ2v) is 8.88. The minimum absolute atomic E-state index is 0.195. The van der Waals surface area contributed by atoms with E-state index in [1.165, 1.54) is 24.3 Å². The zero-order valence-corrected chi connectivity index (χ0v) is 19.8. The number of carboxylic acids is 1. The fourth-order valence-electron chi connectivity index (χ4n) is 4.39. The highest BCUT2D eigenvalue weighted by Gasteiger charge is 2.30. The first-order valence-corrected chi connectivity index (χ1v) is 11.9. The molecule has 0 saturated carbocycles. The molecule has 1 saturated heterocycles. The second-order valence-electron chi connectivity index (χ2n) is 8.88. The first-order valence-electron chi connectivity index (χ1n) is 11.9. The summed E-state index contributed by atoms with van der Waals surface area (Å²) in [5, 5.41) is 11.9. The molecular weight excluding hydrogens is 485 g/mol. The van der Waals surface area contributed by atoms with Gasteiger partial charge in [0.05, 0.1) is 23.2 Å². The highest BCUT2D eigenvalue weighted by Crippen LogP contribution is 2.32. The summed E-state index contributed by atoms with van der Waals surface area (Å²) >= 11 is 0. The molecule has 2 amide bonds. The summed E-state index contributed by atoms with van der Waals surface area (Å²) in [4.78, 5) is 39.6. The van der Waals surface area contributed by atoms with Gasteiger partial charge < -0.3 is 15.3 Å². The lowest BCUT2D eigenvalue weighted by atomic mass is 9.97. The Morgan fingerprint density at radius 2 is 1.54 bits per heavy atom. The van der Waals surface area contributed by atoms with Crippen LogP contribution in [0.2, 0.25) is 0 Å². The number of nitrogens with zero attached hydrogens (tertiary/aromatic N) is 1. The predicted molar refractivity (Wildman–Crippen MR) is 132 cm³/mol. The molecule has 192 valence electrons. The van der Waals surface area contributed by atoms with E-state index >= 15 is 0 Å². The van der Waals surface area contributed by atoms with Crippen LogP contribution in [-0.4, -0.2) is 40.9 Å². The molecule has 3 aromatic carbocycles. The van der Waals surface area contributed by atoms with E-state index in [4.69, 9.17) is 0 Å². The van der Waals surface area contributed by atoms with Gasteiger partial charge >= 0.3 is 12.1 Å². The molecule has 0 aromatic heterocycles. The number of carboxylic acid groups (broad SMARTS) is 1. The van der Waals surface area contributed by atoms with Crippen LogP contribution in [0.15, 0.2) is 66.7 Å². The number of nitrogens with one attached hydrogen (secondary N) is 1. The van der Waals surface area contributed by atoms with Crippen LogP contribution >= 0.6 is 0 Å². The number of amides is 2. The molecule has 0 unspecified atom stereocenters. The lowest BCUT2D eigenvalue weighted by molar-refractivity contribution is -0.138. The molecule has 0 spiro atoms. The van der Waals surface area contributed by atoms with Crippen molar-refractivity contribution in [2.45, 2.75) is 31.9 Å². The third-order valence-electron chi connectivity index (χ3n) is 6.26. The van der Waals surface area contributed by atoms with Gasteiger partial charge in [-0.05, 0) is 66.3 Å². The van der Waals surface area contributed by atoms with E-state index in [0.717, 1.165) is 31.4 Å². The number of aliphatic carboxylic acids is 1. The van der Waals surface area contributed by atoms with Gasteiger partial charge in [-0.15, -0.1) is 0 Å². The smallest absolute Gasteiger partial charge is 0.416 e. The van der Waals surface area contributed by atoms with Crippen LogP contribution < -0.4 is 5.32 Å². The van der Waals surface area contributed by atoms with Crippen molar-refractivity contribution in [2.75, 3.05) is 18.4 Å². The fraction of sp³-hybridized carbons (Fsp3) is 0.250. The molecule has 6 nitrogen and oxygen atoms in total. The van der Waals surface area contributed by atoms with Crippen molar-refractivity contribution in [1.29, 1.82) is 0 Å². The zero-order chi connectivity index (χ0) is 26.6. The van der Waals surface area contributed by atoms with E-state index in [1.807, 2.05) is 0 Å². The van der Waals surface area contributed by atoms with Gasteiger partial charge in [-0.1, -0.05) is 36.4 Å². The van der Waals surface area contributed by atoms with E-state index in [2.05, 4.69) is 5.32 Å². The van der Waals surface area contributed by atoms with Crippen LogP contribution in [0, 0.1) is 0 Å². The van der Waals surface area contributed by atoms with E-state index in [9.17, 15) is 32.7 Å². The van der Waals surface area contributed by atoms with Crippen molar-refractivity contribution in [3.05, 3.63) is 89.0 Å². The SMILES string of the molecule is O=C(O)Cc1ccc(NC(=O)c2ccccc2-c2ccc(C(F)(F)F)cc2)c(C(=O)N2CCCCC2)c1. The van der Waals surface area contributed by atoms with Gasteiger partial charge in [0, 0.05) is 18.7 Å². The molecule has 9 heteroatoms. The van der Waals surface area contributed by atoms with Gasteiger partial charge in [-0.25, -0.2) is 0 Å². The Bertz CT molecular complexity index is 1310. The number of hydrogen-bond acceptors (Lipinski definition) is 3. The highest BCUT2D eigenvalue weighted by atomic mass is 19.4. The Labute approximate surface area is 211 Å². The number of carbonyl (C=O) groups is 3. The lowest BCUT2D eigenvalue weighted by Crippen LogP contribution is -2.36. The molecule has 1 heterocycles. The molecule has 1 aliphatic heterocycles. The lowest BCUT2D eigenvalue weighted by Gasteiger charge is -2.27. The van der Waals surface area contributed by atoms with Crippen molar-refractivity contribution in [2.24, 2.45) is 0 Å². The molecular formula is C28H25F3N2O4. The maximum absolute atomic E-state index is 13.3. The summed E-state index contributed by atoms with van der Waals surface area (Å²) < 4.78 is 38.9. The summed E-state index contributed by atoms with van der Waals surface area (Å²) in [6, 6.07) is 15.6. The van der Waals surface area contributed by atoms with Gasteiger partial charge in [-0.2, -0.15) is 13.2 Å². The van der Waals surface area contributed by atoms with Gasteiger partial charge in [0.1, 0.15) is 0 Å². The number of alkyl halides is 3. The maximum Gasteiger partial charge on any atom is 0.416 e. The maximum atomic E-state index is 13.3. The summed E-state index contributed by atoms with van der Waals surface area (Å²) in [5.74, 6) is -1.88. The molecule has 0 bridgehead atoms. The minimum Gasteiger partial charge on any atom is -0.481 e. The monoisotopic (exact) mass is 510 g/mol. The third kappa shape index (κ3) is 6.17. The molecule has 4 rings (SSSR count). The molecule has 0 radical (unpaired) electrons. The predicted octanol–water partition coefficient (Wildman–Crippen LogP) is 5.88. The molecule has 37 heavy (non-hydrogen) atoms. The number of hydrogen-bond donors (Lipinski definition) is 2. The van der Waals surface area contributed by atoms with Gasteiger partial charge in [-0.3, -0.25) is 14.4 Å². The number of halogens is 3. The van der Waals surface area contributed by atoms with Crippen molar-refractivity contribution >= 4 is 23.5 Å². The van der Waals surface area contributed by atoms with Crippen LogP contribution in [0.25, 0.3) is 11.1 Å². The Kier molecular flexibility index (Phi) is 7.61. The Balaban J connectivity index is 1.66. The minimum atomic E-state index is -4.47. The molecule has 0 aliphatic carbocycles. The molecule has 2 N–H and O–H groups in total. The van der Waals surface area contributed by atoms with Crippen LogP contribution in [-0.2, 0) is 17.4 Å². The number of carbonyl (C=O) groups excluding carboxylic acids is 2. The topological polar surface area (TPSA) is 86.7 Å². The average molecular weight is 511 g/mol. The summed E-state index contributed by atoms with van der Waals surface area (Å²) in [6.07, 6.45) is -2.00. The number of rotatable bonds is 6. The summed E-state index contributed by atoms with van der Waals surface area (Å²) in [7, 11) is 0. The molecule has 1 fully saturated rings. The van der Waals surface area contributed by atoms with Gasteiger partial charge in [0.15, 0.2) is 0 Å². The van der Waals surface area contributed by atoms with Gasteiger partial charge in [0.2, 0.25) is 0 Å². The average Bonchev–Trinajstić information content (AvgIpc) is 2.89. The van der Waals surface area contributed by atoms with Crippen LogP contribution in [0.4, 0.5) is 18.9 Å². The number of likely N-dealkylation sites (tertiary alicyclic amines) is 1. The normalized spacial score (nSPS) is 13.8. The fourth-order valence-corrected chi connectivity index (χ4v) is 4.39. The van der Waals surface area contributed by atoms with E-state index in [0.29, 0.717) is 29.8 Å². The summed E-state index contributed by atoms with van der Waals surface area (Å²) in [6.45, 7) is 1.15. The van der Waals surface area contributed by atoms with Crippen LogP contribution in [0.3, 0.4) is 0 Å². The number of piperidine rings is 1. The first kappa shape index (κ1) is 25.9. The van der Waals surface area contributed by atoms with Crippen molar-refractivity contribution in [1.82, 2.24) is 4.90 Å². The standard InChI is InChI=1S/C28H25F3N2O4/c29-28(30,31)20-11-9-19(10-12-20)21-6-2-3-7-22(21)26(36)32-24-13-8-18(17-25(34)35)16-23(24)27(37)33-14-4-1-5-15-33/h2-3,6-13,16H,1,4-5,14-15,17H2,(H,32,36)(H,34,35). The third-order valence-corrected chi connectivity index (χ3v) is 6.26. The first-order chi connectivity index (χ1) is 17.6. The summed E-state index contributed by atoms with van der Waals surface area (Å²) in [5.41, 5.74) is 1.14. The van der Waals surface area contributed by atoms with Gasteiger partial charge in [0.25, 0.3) is 11.8 Å². The van der Waals surface area contributed by atoms with Crippen LogP contribution in [0.5, 0.6) is 0 Å². The van der Waals surface area contributed by atoms with E-state index in [1.54, 1.807) is 35.2 Å². The Morgan fingerprint density at radius 1 is 0.865 bits per heavy atom. The Hall–Kier alpha value is -4.14.